The minimum Gasteiger partial charge on any atom is -0.359 e. The van der Waals surface area contributed by atoms with Gasteiger partial charge in [-0.2, -0.15) is 0 Å². The van der Waals surface area contributed by atoms with Crippen LogP contribution < -0.4 is 10.2 Å². The molecule has 0 bridgehead atoms. The predicted octanol–water partition coefficient (Wildman–Crippen LogP) is 0.702. The summed E-state index contributed by atoms with van der Waals surface area (Å²) in [6.45, 7) is 3.56. The van der Waals surface area contributed by atoms with Crippen molar-refractivity contribution in [3.8, 4) is 0 Å². The van der Waals surface area contributed by atoms with E-state index in [9.17, 15) is 4.79 Å². The molecule has 1 aliphatic heterocycles. The van der Waals surface area contributed by atoms with Gasteiger partial charge in [-0.3, -0.25) is 4.79 Å². The second-order valence-corrected chi connectivity index (χ2v) is 4.80. The third kappa shape index (κ3) is 1.83. The quantitative estimate of drug-likeness (QED) is 0.851. The van der Waals surface area contributed by atoms with Crippen LogP contribution in [-0.4, -0.2) is 41.0 Å². The van der Waals surface area contributed by atoms with Crippen LogP contribution in [0, 0.1) is 5.92 Å². The molecule has 19 heavy (non-hydrogen) atoms. The monoisotopic (exact) mass is 259 g/mol. The summed E-state index contributed by atoms with van der Waals surface area (Å²) in [5.74, 6) is 1.11. The number of nitrogens with one attached hydrogen (secondary N) is 2. The number of H-pyrrole nitrogens is 1. The van der Waals surface area contributed by atoms with Crippen molar-refractivity contribution in [1.82, 2.24) is 20.3 Å². The second-order valence-electron chi connectivity index (χ2n) is 4.80. The van der Waals surface area contributed by atoms with Gasteiger partial charge in [0.1, 0.15) is 17.8 Å². The summed E-state index contributed by atoms with van der Waals surface area (Å²) in [7, 11) is 1.68. The predicted molar refractivity (Wildman–Crippen MR) is 73.0 cm³/mol. The summed E-state index contributed by atoms with van der Waals surface area (Å²) in [6.07, 6.45) is 4.49. The molecule has 0 radical (unpaired) electrons. The van der Waals surface area contributed by atoms with Gasteiger partial charge in [-0.05, 0) is 12.0 Å². The van der Waals surface area contributed by atoms with Gasteiger partial charge < -0.3 is 15.2 Å². The Hall–Kier alpha value is -2.11. The first-order chi connectivity index (χ1) is 9.24. The highest BCUT2D eigenvalue weighted by Crippen LogP contribution is 2.31. The van der Waals surface area contributed by atoms with E-state index in [2.05, 4.69) is 32.1 Å². The highest BCUT2D eigenvalue weighted by Gasteiger charge is 2.34. The molecule has 100 valence electrons. The second kappa shape index (κ2) is 4.53. The van der Waals surface area contributed by atoms with E-state index in [1.165, 1.54) is 5.56 Å². The SMILES string of the molecule is CCc1c[nH]c2ncnc(N3CC(C(=O)NC)C3)c12. The molecule has 1 fully saturated rings. The lowest BCUT2D eigenvalue weighted by Crippen LogP contribution is -2.53. The normalized spacial score (nSPS) is 15.6. The van der Waals surface area contributed by atoms with E-state index in [0.29, 0.717) is 0 Å². The zero-order valence-corrected chi connectivity index (χ0v) is 11.1. The minimum atomic E-state index is 0.0685. The van der Waals surface area contributed by atoms with Crippen molar-refractivity contribution >= 4 is 22.8 Å². The van der Waals surface area contributed by atoms with Crippen LogP contribution in [0.15, 0.2) is 12.5 Å². The van der Waals surface area contributed by atoms with E-state index < -0.39 is 0 Å². The Morgan fingerprint density at radius 3 is 3.00 bits per heavy atom. The fourth-order valence-electron chi connectivity index (χ4n) is 2.55. The summed E-state index contributed by atoms with van der Waals surface area (Å²) in [5.41, 5.74) is 2.08. The van der Waals surface area contributed by atoms with Crippen LogP contribution in [0.1, 0.15) is 12.5 Å². The number of anilines is 1. The summed E-state index contributed by atoms with van der Waals surface area (Å²) in [4.78, 5) is 25.5. The molecule has 2 aromatic rings. The molecule has 2 N–H and O–H groups in total. The fraction of sp³-hybridized carbons (Fsp3) is 0.462. The average molecular weight is 259 g/mol. The van der Waals surface area contributed by atoms with Crippen LogP contribution in [0.3, 0.4) is 0 Å². The summed E-state index contributed by atoms with van der Waals surface area (Å²) >= 11 is 0. The standard InChI is InChI=1S/C13H17N5O/c1-3-8-4-15-11-10(8)12(17-7-16-11)18-5-9(6-18)13(19)14-2/h4,7,9H,3,5-6H2,1-2H3,(H,14,19)(H,15,16,17). The third-order valence-electron chi connectivity index (χ3n) is 3.71. The topological polar surface area (TPSA) is 73.9 Å². The van der Waals surface area contributed by atoms with Crippen LogP contribution in [0.25, 0.3) is 11.0 Å². The van der Waals surface area contributed by atoms with Crippen LogP contribution in [0.2, 0.25) is 0 Å². The minimum absolute atomic E-state index is 0.0685. The molecule has 2 aromatic heterocycles. The Morgan fingerprint density at radius 2 is 2.32 bits per heavy atom. The number of hydrogen-bond acceptors (Lipinski definition) is 4. The van der Waals surface area contributed by atoms with Gasteiger partial charge in [0.15, 0.2) is 0 Å². The van der Waals surface area contributed by atoms with E-state index >= 15 is 0 Å². The van der Waals surface area contributed by atoms with Crippen molar-refractivity contribution < 1.29 is 4.79 Å². The lowest BCUT2D eigenvalue weighted by atomic mass is 9.98. The Bertz CT molecular complexity index is 615. The van der Waals surface area contributed by atoms with Crippen molar-refractivity contribution in [3.05, 3.63) is 18.1 Å². The van der Waals surface area contributed by atoms with E-state index in [0.717, 1.165) is 36.4 Å². The van der Waals surface area contributed by atoms with E-state index in [1.54, 1.807) is 13.4 Å². The molecule has 0 spiro atoms. The molecule has 6 nitrogen and oxygen atoms in total. The third-order valence-corrected chi connectivity index (χ3v) is 3.71. The Labute approximate surface area is 111 Å². The number of hydrogen-bond donors (Lipinski definition) is 2. The van der Waals surface area contributed by atoms with Crippen LogP contribution in [0.4, 0.5) is 5.82 Å². The zero-order chi connectivity index (χ0) is 13.4. The highest BCUT2D eigenvalue weighted by atomic mass is 16.1. The number of fused-ring (bicyclic) bond motifs is 1. The van der Waals surface area contributed by atoms with Gasteiger partial charge in [-0.1, -0.05) is 6.92 Å². The maximum atomic E-state index is 11.5. The van der Waals surface area contributed by atoms with Gasteiger partial charge in [0.2, 0.25) is 5.91 Å². The van der Waals surface area contributed by atoms with Gasteiger partial charge in [0.25, 0.3) is 0 Å². The molecule has 0 aliphatic carbocycles. The average Bonchev–Trinajstić information content (AvgIpc) is 2.80. The van der Waals surface area contributed by atoms with E-state index in [4.69, 9.17) is 0 Å². The van der Waals surface area contributed by atoms with Crippen molar-refractivity contribution in [2.75, 3.05) is 25.0 Å². The van der Waals surface area contributed by atoms with Gasteiger partial charge in [-0.25, -0.2) is 9.97 Å². The van der Waals surface area contributed by atoms with Gasteiger partial charge in [0.05, 0.1) is 11.3 Å². The first kappa shape index (κ1) is 12.0. The van der Waals surface area contributed by atoms with Crippen molar-refractivity contribution in [2.45, 2.75) is 13.3 Å². The largest absolute Gasteiger partial charge is 0.359 e. The van der Waals surface area contributed by atoms with Crippen LogP contribution in [-0.2, 0) is 11.2 Å². The van der Waals surface area contributed by atoms with E-state index in [1.807, 2.05) is 6.20 Å². The summed E-state index contributed by atoms with van der Waals surface area (Å²) < 4.78 is 0. The Balaban J connectivity index is 1.90. The smallest absolute Gasteiger partial charge is 0.226 e. The molecule has 1 aliphatic rings. The Kier molecular flexibility index (Phi) is 2.85. The zero-order valence-electron chi connectivity index (χ0n) is 11.1. The summed E-state index contributed by atoms with van der Waals surface area (Å²) in [5, 5.41) is 3.77. The number of carbonyl (C=O) groups is 1. The van der Waals surface area contributed by atoms with Crippen LogP contribution in [0.5, 0.6) is 0 Å². The molecule has 0 unspecified atom stereocenters. The van der Waals surface area contributed by atoms with Crippen molar-refractivity contribution in [3.63, 3.8) is 0 Å². The summed E-state index contributed by atoms with van der Waals surface area (Å²) in [6, 6.07) is 0. The molecule has 0 aromatic carbocycles. The van der Waals surface area contributed by atoms with Crippen LogP contribution >= 0.6 is 0 Å². The molecule has 3 rings (SSSR count). The number of carbonyl (C=O) groups excluding carboxylic acids is 1. The number of rotatable bonds is 3. The number of nitrogens with zero attached hydrogens (tertiary/aromatic N) is 3. The number of amides is 1. The first-order valence-electron chi connectivity index (χ1n) is 6.52. The van der Waals surface area contributed by atoms with Gasteiger partial charge in [0, 0.05) is 26.3 Å². The number of aromatic nitrogens is 3. The van der Waals surface area contributed by atoms with E-state index in [-0.39, 0.29) is 11.8 Å². The molecule has 1 saturated heterocycles. The maximum Gasteiger partial charge on any atom is 0.226 e. The molecule has 1 amide bonds. The van der Waals surface area contributed by atoms with Gasteiger partial charge in [-0.15, -0.1) is 0 Å². The molecule has 6 heteroatoms. The molecular weight excluding hydrogens is 242 g/mol. The van der Waals surface area contributed by atoms with Crippen molar-refractivity contribution in [1.29, 1.82) is 0 Å². The maximum absolute atomic E-state index is 11.5. The molecule has 3 heterocycles. The molecule has 0 atom stereocenters. The first-order valence-corrected chi connectivity index (χ1v) is 6.52. The molecular formula is C13H17N5O. The Morgan fingerprint density at radius 1 is 1.53 bits per heavy atom. The number of aryl methyl sites for hydroxylation is 1. The van der Waals surface area contributed by atoms with Gasteiger partial charge >= 0.3 is 0 Å². The fourth-order valence-corrected chi connectivity index (χ4v) is 2.55. The highest BCUT2D eigenvalue weighted by molar-refractivity contribution is 5.92. The molecule has 0 saturated carbocycles. The lowest BCUT2D eigenvalue weighted by Gasteiger charge is -2.39. The van der Waals surface area contributed by atoms with Crippen molar-refractivity contribution in [2.24, 2.45) is 5.92 Å². The number of aromatic amines is 1. The lowest BCUT2D eigenvalue weighted by molar-refractivity contribution is -0.125.